The highest BCUT2D eigenvalue weighted by Gasteiger charge is 1.99. The van der Waals surface area contributed by atoms with Crippen molar-refractivity contribution in [1.29, 1.82) is 0 Å². The number of hydrogen-bond donors (Lipinski definition) is 0. The zero-order chi connectivity index (χ0) is 10.6. The van der Waals surface area contributed by atoms with Crippen LogP contribution in [0.3, 0.4) is 0 Å². The molecule has 1 nitrogen and oxygen atoms in total. The molecule has 14 heavy (non-hydrogen) atoms. The lowest BCUT2D eigenvalue weighted by Gasteiger charge is -2.10. The highest BCUT2D eigenvalue weighted by atomic mass is 35.5. The molecule has 0 bridgehead atoms. The van der Waals surface area contributed by atoms with Gasteiger partial charge in [0.25, 0.3) is 0 Å². The predicted octanol–water partition coefficient (Wildman–Crippen LogP) is 4.16. The summed E-state index contributed by atoms with van der Waals surface area (Å²) in [6.45, 7) is 5.07. The monoisotopic (exact) mass is 218 g/mol. The van der Waals surface area contributed by atoms with Crippen molar-refractivity contribution in [2.75, 3.05) is 12.5 Å². The summed E-state index contributed by atoms with van der Waals surface area (Å²) >= 11 is 5.49. The van der Waals surface area contributed by atoms with Crippen LogP contribution in [0.2, 0.25) is 0 Å². The summed E-state index contributed by atoms with van der Waals surface area (Å²) in [5.41, 5.74) is 0. The molecule has 0 heterocycles. The van der Waals surface area contributed by atoms with E-state index >= 15 is 0 Å². The SMILES string of the molecule is CCCCCCC(C)OCC=CCCl. The highest BCUT2D eigenvalue weighted by Crippen LogP contribution is 2.07. The molecule has 2 heteroatoms. The van der Waals surface area contributed by atoms with E-state index in [1.165, 1.54) is 32.1 Å². The Kier molecular flexibility index (Phi) is 11.1. The van der Waals surface area contributed by atoms with Gasteiger partial charge in [0.2, 0.25) is 0 Å². The summed E-state index contributed by atoms with van der Waals surface area (Å²) in [4.78, 5) is 0. The van der Waals surface area contributed by atoms with Gasteiger partial charge in [0.05, 0.1) is 12.7 Å². The van der Waals surface area contributed by atoms with Gasteiger partial charge in [0.1, 0.15) is 0 Å². The van der Waals surface area contributed by atoms with Gasteiger partial charge in [0, 0.05) is 5.88 Å². The van der Waals surface area contributed by atoms with Crippen molar-refractivity contribution in [2.24, 2.45) is 0 Å². The number of unbranched alkanes of at least 4 members (excludes halogenated alkanes) is 3. The van der Waals surface area contributed by atoms with Gasteiger partial charge in [-0.1, -0.05) is 44.8 Å². The van der Waals surface area contributed by atoms with Crippen LogP contribution in [0.1, 0.15) is 46.0 Å². The lowest BCUT2D eigenvalue weighted by molar-refractivity contribution is 0.0797. The Balaban J connectivity index is 3.19. The fraction of sp³-hybridized carbons (Fsp3) is 0.833. The number of allylic oxidation sites excluding steroid dienone is 1. The Labute approximate surface area is 93.5 Å². The molecule has 0 spiro atoms. The molecule has 0 aliphatic heterocycles. The molecule has 0 saturated carbocycles. The zero-order valence-electron chi connectivity index (χ0n) is 9.47. The summed E-state index contributed by atoms with van der Waals surface area (Å²) in [7, 11) is 0. The van der Waals surface area contributed by atoms with E-state index in [-0.39, 0.29) is 0 Å². The third-order valence-corrected chi connectivity index (χ3v) is 2.38. The van der Waals surface area contributed by atoms with Crippen LogP contribution in [0.25, 0.3) is 0 Å². The van der Waals surface area contributed by atoms with E-state index in [2.05, 4.69) is 13.8 Å². The molecule has 0 N–H and O–H groups in total. The molecule has 0 aliphatic rings. The summed E-state index contributed by atoms with van der Waals surface area (Å²) in [5.74, 6) is 0.578. The number of ether oxygens (including phenoxy) is 1. The Bertz CT molecular complexity index is 134. The van der Waals surface area contributed by atoms with Crippen molar-refractivity contribution in [1.82, 2.24) is 0 Å². The maximum absolute atomic E-state index is 5.58. The Morgan fingerprint density at radius 1 is 1.21 bits per heavy atom. The maximum Gasteiger partial charge on any atom is 0.0651 e. The standard InChI is InChI=1S/C12H23ClO/c1-3-4-5-6-9-12(2)14-11-8-7-10-13/h7-8,12H,3-6,9-11H2,1-2H3. The predicted molar refractivity (Wildman–Crippen MR) is 64.0 cm³/mol. The third-order valence-electron chi connectivity index (χ3n) is 2.20. The van der Waals surface area contributed by atoms with Gasteiger partial charge < -0.3 is 4.74 Å². The van der Waals surface area contributed by atoms with E-state index in [1.54, 1.807) is 0 Å². The van der Waals surface area contributed by atoms with Gasteiger partial charge in [-0.15, -0.1) is 11.6 Å². The molecule has 0 rings (SSSR count). The van der Waals surface area contributed by atoms with E-state index in [0.717, 1.165) is 0 Å². The largest absolute Gasteiger partial charge is 0.374 e. The first-order valence-corrected chi connectivity index (χ1v) is 6.17. The molecule has 0 aromatic rings. The molecule has 84 valence electrons. The van der Waals surface area contributed by atoms with Crippen LogP contribution in [0.15, 0.2) is 12.2 Å². The second-order valence-corrected chi connectivity index (χ2v) is 3.93. The lowest BCUT2D eigenvalue weighted by Crippen LogP contribution is -2.07. The number of rotatable bonds is 9. The van der Waals surface area contributed by atoms with Crippen LogP contribution in [-0.4, -0.2) is 18.6 Å². The average Bonchev–Trinajstić information content (AvgIpc) is 2.19. The highest BCUT2D eigenvalue weighted by molar-refractivity contribution is 6.18. The van der Waals surface area contributed by atoms with Crippen LogP contribution in [0.5, 0.6) is 0 Å². The molecule has 0 fully saturated rings. The molecule has 0 aromatic heterocycles. The summed E-state index contributed by atoms with van der Waals surface area (Å²) < 4.78 is 5.58. The first kappa shape index (κ1) is 14.0. The lowest BCUT2D eigenvalue weighted by atomic mass is 10.1. The van der Waals surface area contributed by atoms with Crippen molar-refractivity contribution in [3.05, 3.63) is 12.2 Å². The molecule has 1 unspecified atom stereocenters. The Morgan fingerprint density at radius 2 is 2.00 bits per heavy atom. The minimum absolute atomic E-state index is 0.381. The Morgan fingerprint density at radius 3 is 2.64 bits per heavy atom. The van der Waals surface area contributed by atoms with Gasteiger partial charge in [-0.2, -0.15) is 0 Å². The van der Waals surface area contributed by atoms with Crippen LogP contribution in [0, 0.1) is 0 Å². The molecule has 0 aromatic carbocycles. The number of alkyl halides is 1. The van der Waals surface area contributed by atoms with Crippen LogP contribution in [0.4, 0.5) is 0 Å². The molecular formula is C12H23ClO. The maximum atomic E-state index is 5.58. The second-order valence-electron chi connectivity index (χ2n) is 3.62. The van der Waals surface area contributed by atoms with Crippen molar-refractivity contribution in [3.8, 4) is 0 Å². The van der Waals surface area contributed by atoms with Gasteiger partial charge >= 0.3 is 0 Å². The number of halogens is 1. The second kappa shape index (κ2) is 11.1. The van der Waals surface area contributed by atoms with Gasteiger partial charge in [-0.3, -0.25) is 0 Å². The van der Waals surface area contributed by atoms with Crippen LogP contribution < -0.4 is 0 Å². The third kappa shape index (κ3) is 10.1. The average molecular weight is 219 g/mol. The van der Waals surface area contributed by atoms with E-state index in [4.69, 9.17) is 16.3 Å². The zero-order valence-corrected chi connectivity index (χ0v) is 10.2. The Hall–Kier alpha value is -0.0100. The molecule has 0 amide bonds. The van der Waals surface area contributed by atoms with Crippen molar-refractivity contribution in [2.45, 2.75) is 52.1 Å². The van der Waals surface area contributed by atoms with Gasteiger partial charge in [0.15, 0.2) is 0 Å². The van der Waals surface area contributed by atoms with E-state index in [0.29, 0.717) is 18.6 Å². The van der Waals surface area contributed by atoms with Crippen molar-refractivity contribution < 1.29 is 4.74 Å². The summed E-state index contributed by atoms with van der Waals surface area (Å²) in [5, 5.41) is 0. The topological polar surface area (TPSA) is 9.23 Å². The quantitative estimate of drug-likeness (QED) is 0.321. The molecule has 1 atom stereocenters. The summed E-state index contributed by atoms with van der Waals surface area (Å²) in [6, 6.07) is 0. The van der Waals surface area contributed by atoms with E-state index < -0.39 is 0 Å². The van der Waals surface area contributed by atoms with Crippen LogP contribution >= 0.6 is 11.6 Å². The molecular weight excluding hydrogens is 196 g/mol. The summed E-state index contributed by atoms with van der Waals surface area (Å²) in [6.07, 6.45) is 10.7. The number of hydrogen-bond acceptors (Lipinski definition) is 1. The molecule has 0 saturated heterocycles. The minimum atomic E-state index is 0.381. The van der Waals surface area contributed by atoms with Crippen molar-refractivity contribution >= 4 is 11.6 Å². The minimum Gasteiger partial charge on any atom is -0.374 e. The van der Waals surface area contributed by atoms with Crippen molar-refractivity contribution in [3.63, 3.8) is 0 Å². The van der Waals surface area contributed by atoms with E-state index in [9.17, 15) is 0 Å². The van der Waals surface area contributed by atoms with E-state index in [1.807, 2.05) is 12.2 Å². The van der Waals surface area contributed by atoms with Gasteiger partial charge in [-0.05, 0) is 13.3 Å². The fourth-order valence-corrected chi connectivity index (χ4v) is 1.42. The smallest absolute Gasteiger partial charge is 0.0651 e. The molecule has 0 radical (unpaired) electrons. The molecule has 0 aliphatic carbocycles. The van der Waals surface area contributed by atoms with Gasteiger partial charge in [-0.25, -0.2) is 0 Å². The normalized spacial score (nSPS) is 13.6. The first-order chi connectivity index (χ1) is 6.81. The fourth-order valence-electron chi connectivity index (χ4n) is 1.29. The van der Waals surface area contributed by atoms with Crippen LogP contribution in [-0.2, 0) is 4.74 Å². The first-order valence-electron chi connectivity index (χ1n) is 5.63.